The molecule has 2 heterocycles. The molecule has 3 aromatic rings. The van der Waals surface area contributed by atoms with Crippen LogP contribution in [0.2, 0.25) is 0 Å². The summed E-state index contributed by atoms with van der Waals surface area (Å²) < 4.78 is 16.8. The third kappa shape index (κ3) is 3.55. The number of carbonyl (C=O) groups excluding carboxylic acids is 1. The van der Waals surface area contributed by atoms with Gasteiger partial charge >= 0.3 is 0 Å². The molecule has 4 rings (SSSR count). The Labute approximate surface area is 162 Å². The number of carbonyl (C=O) groups is 1. The molecule has 0 spiro atoms. The fourth-order valence-electron chi connectivity index (χ4n) is 3.08. The molecule has 0 bridgehead atoms. The molecule has 0 radical (unpaired) electrons. The third-order valence-electron chi connectivity index (χ3n) is 4.45. The molecule has 0 fully saturated rings. The molecule has 0 unspecified atom stereocenters. The van der Waals surface area contributed by atoms with Gasteiger partial charge in [-0.05, 0) is 43.7 Å². The Kier molecular flexibility index (Phi) is 4.97. The van der Waals surface area contributed by atoms with Crippen molar-refractivity contribution in [2.45, 2.75) is 26.4 Å². The zero-order valence-electron chi connectivity index (χ0n) is 15.8. The zero-order chi connectivity index (χ0) is 19.5. The second-order valence-electron chi connectivity index (χ2n) is 6.55. The van der Waals surface area contributed by atoms with Crippen LogP contribution >= 0.6 is 0 Å². The highest BCUT2D eigenvalue weighted by Crippen LogP contribution is 2.35. The number of hydrogen-bond donors (Lipinski definition) is 0. The number of aromatic nitrogens is 2. The first-order chi connectivity index (χ1) is 13.7. The number of amides is 1. The van der Waals surface area contributed by atoms with E-state index in [0.717, 1.165) is 23.4 Å². The monoisotopic (exact) mass is 379 g/mol. The van der Waals surface area contributed by atoms with Gasteiger partial charge in [-0.1, -0.05) is 30.3 Å². The van der Waals surface area contributed by atoms with E-state index in [1.54, 1.807) is 4.90 Å². The average molecular weight is 379 g/mol. The summed E-state index contributed by atoms with van der Waals surface area (Å²) in [7, 11) is 0. The maximum absolute atomic E-state index is 12.2. The minimum Gasteiger partial charge on any atom is -0.482 e. The molecule has 0 N–H and O–H groups in total. The van der Waals surface area contributed by atoms with E-state index in [1.165, 1.54) is 0 Å². The molecular formula is C21H21N3O4. The van der Waals surface area contributed by atoms with Gasteiger partial charge in [0.2, 0.25) is 5.82 Å². The van der Waals surface area contributed by atoms with Crippen LogP contribution in [0.5, 0.6) is 11.5 Å². The quantitative estimate of drug-likeness (QED) is 0.644. The molecule has 1 aliphatic rings. The summed E-state index contributed by atoms with van der Waals surface area (Å²) >= 11 is 0. The summed E-state index contributed by atoms with van der Waals surface area (Å²) in [5.74, 6) is 2.19. The smallest absolute Gasteiger partial charge is 0.267 e. The van der Waals surface area contributed by atoms with Crippen LogP contribution in [0.4, 0.5) is 5.69 Å². The highest BCUT2D eigenvalue weighted by Gasteiger charge is 2.26. The number of benzene rings is 2. The first-order valence-corrected chi connectivity index (χ1v) is 9.28. The van der Waals surface area contributed by atoms with Gasteiger partial charge in [-0.2, -0.15) is 4.98 Å². The standard InChI is InChI=1S/C21H21N3O4/c1-3-11-24-17-12-15(9-10-18(17)26-13-19(24)25)20-22-21(28-23-20)14(2)27-16-7-5-4-6-8-16/h4-10,12,14H,3,11,13H2,1-2H3/t14-/m0/s1. The number of para-hydroxylation sites is 1. The summed E-state index contributed by atoms with van der Waals surface area (Å²) in [5.41, 5.74) is 1.48. The van der Waals surface area contributed by atoms with Crippen molar-refractivity contribution in [2.24, 2.45) is 0 Å². The largest absolute Gasteiger partial charge is 0.482 e. The fraction of sp³-hybridized carbons (Fsp3) is 0.286. The SMILES string of the molecule is CCCN1C(=O)COc2ccc(-c3noc([C@H](C)Oc4ccccc4)n3)cc21. The molecule has 7 nitrogen and oxygen atoms in total. The van der Waals surface area contributed by atoms with Gasteiger partial charge in [0.15, 0.2) is 12.7 Å². The van der Waals surface area contributed by atoms with Crippen LogP contribution < -0.4 is 14.4 Å². The fourth-order valence-corrected chi connectivity index (χ4v) is 3.08. The van der Waals surface area contributed by atoms with E-state index >= 15 is 0 Å². The van der Waals surface area contributed by atoms with Crippen LogP contribution in [0.3, 0.4) is 0 Å². The number of anilines is 1. The van der Waals surface area contributed by atoms with Crippen LogP contribution in [0.25, 0.3) is 11.4 Å². The second-order valence-corrected chi connectivity index (χ2v) is 6.55. The van der Waals surface area contributed by atoms with Gasteiger partial charge in [0, 0.05) is 12.1 Å². The Balaban J connectivity index is 1.58. The molecule has 1 atom stereocenters. The molecule has 0 saturated carbocycles. The van der Waals surface area contributed by atoms with Crippen LogP contribution in [0, 0.1) is 0 Å². The molecule has 1 aliphatic heterocycles. The molecule has 2 aromatic carbocycles. The normalized spacial score (nSPS) is 14.4. The Morgan fingerprint density at radius 2 is 2.04 bits per heavy atom. The Hall–Kier alpha value is -3.35. The van der Waals surface area contributed by atoms with Gasteiger partial charge in [-0.3, -0.25) is 4.79 Å². The first-order valence-electron chi connectivity index (χ1n) is 9.28. The zero-order valence-corrected chi connectivity index (χ0v) is 15.8. The van der Waals surface area contributed by atoms with Crippen molar-refractivity contribution in [2.75, 3.05) is 18.1 Å². The number of nitrogens with zero attached hydrogens (tertiary/aromatic N) is 3. The average Bonchev–Trinajstić information content (AvgIpc) is 3.21. The molecule has 7 heteroatoms. The molecular weight excluding hydrogens is 358 g/mol. The van der Waals surface area contributed by atoms with Crippen molar-refractivity contribution in [1.82, 2.24) is 10.1 Å². The lowest BCUT2D eigenvalue weighted by Gasteiger charge is -2.29. The topological polar surface area (TPSA) is 77.7 Å². The van der Waals surface area contributed by atoms with Gasteiger partial charge in [-0.25, -0.2) is 0 Å². The molecule has 144 valence electrons. The molecule has 0 aliphatic carbocycles. The minimum absolute atomic E-state index is 0.0508. The molecule has 28 heavy (non-hydrogen) atoms. The van der Waals surface area contributed by atoms with Crippen molar-refractivity contribution in [3.05, 3.63) is 54.4 Å². The Bertz CT molecular complexity index is 971. The van der Waals surface area contributed by atoms with Gasteiger partial charge < -0.3 is 18.9 Å². The maximum Gasteiger partial charge on any atom is 0.267 e. The van der Waals surface area contributed by atoms with E-state index < -0.39 is 0 Å². The summed E-state index contributed by atoms with van der Waals surface area (Å²) in [6.07, 6.45) is 0.471. The highest BCUT2D eigenvalue weighted by molar-refractivity contribution is 5.98. The van der Waals surface area contributed by atoms with E-state index in [0.29, 0.717) is 24.0 Å². The predicted molar refractivity (Wildman–Crippen MR) is 103 cm³/mol. The van der Waals surface area contributed by atoms with Crippen molar-refractivity contribution in [1.29, 1.82) is 0 Å². The number of hydrogen-bond acceptors (Lipinski definition) is 6. The van der Waals surface area contributed by atoms with Crippen molar-refractivity contribution in [3.63, 3.8) is 0 Å². The van der Waals surface area contributed by atoms with Crippen LogP contribution in [0.1, 0.15) is 32.3 Å². The molecule has 1 aromatic heterocycles. The Morgan fingerprint density at radius 3 is 2.82 bits per heavy atom. The lowest BCUT2D eigenvalue weighted by atomic mass is 10.1. The van der Waals surface area contributed by atoms with E-state index in [2.05, 4.69) is 10.1 Å². The maximum atomic E-state index is 12.2. The van der Waals surface area contributed by atoms with E-state index in [-0.39, 0.29) is 18.6 Å². The van der Waals surface area contributed by atoms with Crippen LogP contribution in [0.15, 0.2) is 53.1 Å². The summed E-state index contributed by atoms with van der Waals surface area (Å²) in [6.45, 7) is 4.59. The van der Waals surface area contributed by atoms with Gasteiger partial charge in [0.05, 0.1) is 5.69 Å². The predicted octanol–water partition coefficient (Wildman–Crippen LogP) is 4.01. The van der Waals surface area contributed by atoms with Gasteiger partial charge in [0.1, 0.15) is 11.5 Å². The Morgan fingerprint density at radius 1 is 1.21 bits per heavy atom. The number of fused-ring (bicyclic) bond motifs is 1. The van der Waals surface area contributed by atoms with Gasteiger partial charge in [-0.15, -0.1) is 0 Å². The van der Waals surface area contributed by atoms with Gasteiger partial charge in [0.25, 0.3) is 11.8 Å². The van der Waals surface area contributed by atoms with E-state index in [4.69, 9.17) is 14.0 Å². The number of rotatable bonds is 6. The molecule has 1 amide bonds. The van der Waals surface area contributed by atoms with Crippen molar-refractivity contribution >= 4 is 11.6 Å². The van der Waals surface area contributed by atoms with Crippen molar-refractivity contribution in [3.8, 4) is 22.9 Å². The second kappa shape index (κ2) is 7.72. The minimum atomic E-state index is -0.386. The van der Waals surface area contributed by atoms with Crippen LogP contribution in [-0.4, -0.2) is 29.2 Å². The van der Waals surface area contributed by atoms with Crippen molar-refractivity contribution < 1.29 is 18.8 Å². The highest BCUT2D eigenvalue weighted by atomic mass is 16.5. The van der Waals surface area contributed by atoms with Crippen LogP contribution in [-0.2, 0) is 4.79 Å². The van der Waals surface area contributed by atoms with E-state index in [9.17, 15) is 4.79 Å². The summed E-state index contributed by atoms with van der Waals surface area (Å²) in [5, 5.41) is 4.08. The first kappa shape index (κ1) is 18.0. The summed E-state index contributed by atoms with van der Waals surface area (Å²) in [4.78, 5) is 18.4. The third-order valence-corrected chi connectivity index (χ3v) is 4.45. The molecule has 0 saturated heterocycles. The van der Waals surface area contributed by atoms with E-state index in [1.807, 2.05) is 62.4 Å². The lowest BCUT2D eigenvalue weighted by molar-refractivity contribution is -0.121. The lowest BCUT2D eigenvalue weighted by Crippen LogP contribution is -2.39. The summed E-state index contributed by atoms with van der Waals surface area (Å²) in [6, 6.07) is 15.0. The number of ether oxygens (including phenoxy) is 2.